The second-order valence-electron chi connectivity index (χ2n) is 2.25. The molecule has 0 aliphatic heterocycles. The number of hydrogen-bond acceptors (Lipinski definition) is 3. The summed E-state index contributed by atoms with van der Waals surface area (Å²) in [6.45, 7) is 0. The average molecular weight is 181 g/mol. The Morgan fingerprint density at radius 1 is 1.33 bits per heavy atom. The predicted molar refractivity (Wildman–Crippen MR) is 46.5 cm³/mol. The van der Waals surface area contributed by atoms with E-state index in [0.29, 0.717) is 5.95 Å². The quantitative estimate of drug-likeness (QED) is 0.674. The third kappa shape index (κ3) is 1.16. The molecule has 2 aromatic rings. The Labute approximate surface area is 73.4 Å². The van der Waals surface area contributed by atoms with Crippen molar-refractivity contribution >= 4 is 28.8 Å². The fourth-order valence-corrected chi connectivity index (χ4v) is 1.09. The van der Waals surface area contributed by atoms with Crippen molar-refractivity contribution in [2.45, 2.75) is 0 Å². The molecule has 4 nitrogen and oxygen atoms in total. The first-order valence-electron chi connectivity index (χ1n) is 3.37. The Hall–Kier alpha value is -1.42. The molecule has 2 rings (SSSR count). The van der Waals surface area contributed by atoms with E-state index in [1.54, 1.807) is 0 Å². The molecule has 0 atom stereocenters. The molecule has 0 amide bonds. The molecule has 60 valence electrons. The predicted octanol–water partition coefficient (Wildman–Crippen LogP) is 2.80. The number of rotatable bonds is 1. The van der Waals surface area contributed by atoms with Crippen LogP contribution in [0.3, 0.4) is 0 Å². The van der Waals surface area contributed by atoms with Gasteiger partial charge in [0.15, 0.2) is 0 Å². The molecule has 0 radical (unpaired) electrons. The highest BCUT2D eigenvalue weighted by molar-refractivity contribution is 6.14. The van der Waals surface area contributed by atoms with E-state index in [-0.39, 0.29) is 0 Å². The normalized spacial score (nSPS) is 11.4. The van der Waals surface area contributed by atoms with Gasteiger partial charge in [0.1, 0.15) is 0 Å². The van der Waals surface area contributed by atoms with Crippen molar-refractivity contribution in [2.24, 2.45) is 9.75 Å². The molecule has 0 unspecified atom stereocenters. The van der Waals surface area contributed by atoms with Crippen LogP contribution in [0.15, 0.2) is 34.0 Å². The van der Waals surface area contributed by atoms with Crippen LogP contribution in [0.4, 0.5) is 5.95 Å². The minimum absolute atomic E-state index is 0.422. The Balaban J connectivity index is 2.62. The Morgan fingerprint density at radius 3 is 2.92 bits per heavy atom. The maximum absolute atomic E-state index is 5.06. The van der Waals surface area contributed by atoms with Gasteiger partial charge in [0, 0.05) is 0 Å². The Kier molecular flexibility index (Phi) is 1.75. The van der Waals surface area contributed by atoms with Crippen molar-refractivity contribution in [3.05, 3.63) is 24.3 Å². The number of aromatic nitrogens is 2. The number of nitrogens with one attached hydrogen (secondary N) is 1. The van der Waals surface area contributed by atoms with Crippen LogP contribution in [0.25, 0.3) is 11.0 Å². The summed E-state index contributed by atoms with van der Waals surface area (Å²) in [7, 11) is 0. The van der Waals surface area contributed by atoms with E-state index >= 15 is 0 Å². The standard InChI is InChI=1S/C7H5ClN4/c8-12-11-7-9-5-3-1-2-4-6(5)10-7/h1-4H,(H,9,10)/b12-11-. The lowest BCUT2D eigenvalue weighted by Crippen LogP contribution is -1.63. The van der Waals surface area contributed by atoms with Gasteiger partial charge in [0.05, 0.1) is 22.8 Å². The van der Waals surface area contributed by atoms with Gasteiger partial charge in [-0.05, 0) is 12.1 Å². The molecule has 1 N–H and O–H groups in total. The topological polar surface area (TPSA) is 53.4 Å². The van der Waals surface area contributed by atoms with Gasteiger partial charge in [-0.1, -0.05) is 21.9 Å². The Morgan fingerprint density at radius 2 is 2.17 bits per heavy atom. The molecule has 0 aliphatic carbocycles. The molecule has 1 heterocycles. The van der Waals surface area contributed by atoms with Crippen molar-refractivity contribution in [1.82, 2.24) is 9.97 Å². The van der Waals surface area contributed by atoms with Gasteiger partial charge >= 0.3 is 0 Å². The molecule has 0 saturated carbocycles. The van der Waals surface area contributed by atoms with E-state index < -0.39 is 0 Å². The molecule has 0 bridgehead atoms. The molecule has 0 saturated heterocycles. The largest absolute Gasteiger partial charge is 0.321 e. The zero-order valence-electron chi connectivity index (χ0n) is 6.03. The summed E-state index contributed by atoms with van der Waals surface area (Å²) >= 11 is 5.06. The fraction of sp³-hybridized carbons (Fsp3) is 0. The maximum atomic E-state index is 5.06. The molecular weight excluding hydrogens is 176 g/mol. The number of benzene rings is 1. The van der Waals surface area contributed by atoms with E-state index in [1.807, 2.05) is 24.3 Å². The summed E-state index contributed by atoms with van der Waals surface area (Å²) in [5.74, 6) is 0.422. The molecule has 5 heteroatoms. The minimum atomic E-state index is 0.422. The van der Waals surface area contributed by atoms with Crippen LogP contribution in [0.2, 0.25) is 0 Å². The minimum Gasteiger partial charge on any atom is -0.321 e. The highest BCUT2D eigenvalue weighted by Crippen LogP contribution is 2.15. The van der Waals surface area contributed by atoms with Crippen molar-refractivity contribution in [3.63, 3.8) is 0 Å². The zero-order chi connectivity index (χ0) is 8.39. The van der Waals surface area contributed by atoms with Gasteiger partial charge in [0.25, 0.3) is 0 Å². The molecule has 1 aromatic carbocycles. The summed E-state index contributed by atoms with van der Waals surface area (Å²) in [4.78, 5) is 7.04. The number of H-pyrrole nitrogens is 1. The maximum Gasteiger partial charge on any atom is 0.248 e. The number of aromatic amines is 1. The molecule has 0 spiro atoms. The first-order chi connectivity index (χ1) is 5.90. The lowest BCUT2D eigenvalue weighted by Gasteiger charge is -1.81. The monoisotopic (exact) mass is 180 g/mol. The summed E-state index contributed by atoms with van der Waals surface area (Å²) in [6, 6.07) is 7.63. The summed E-state index contributed by atoms with van der Waals surface area (Å²) in [5.41, 5.74) is 1.79. The lowest BCUT2D eigenvalue weighted by atomic mass is 10.3. The van der Waals surface area contributed by atoms with E-state index in [1.165, 1.54) is 0 Å². The van der Waals surface area contributed by atoms with Crippen LogP contribution in [0.1, 0.15) is 0 Å². The van der Waals surface area contributed by atoms with Gasteiger partial charge in [-0.15, -0.1) is 0 Å². The number of para-hydroxylation sites is 2. The van der Waals surface area contributed by atoms with E-state index in [0.717, 1.165) is 11.0 Å². The van der Waals surface area contributed by atoms with Gasteiger partial charge in [0.2, 0.25) is 5.95 Å². The molecule has 0 aliphatic rings. The molecule has 12 heavy (non-hydrogen) atoms. The Bertz CT molecular complexity index is 387. The zero-order valence-corrected chi connectivity index (χ0v) is 6.78. The van der Waals surface area contributed by atoms with Crippen LogP contribution in [-0.4, -0.2) is 9.97 Å². The van der Waals surface area contributed by atoms with Crippen molar-refractivity contribution < 1.29 is 0 Å². The number of nitrogens with zero attached hydrogens (tertiary/aromatic N) is 3. The van der Waals surface area contributed by atoms with Crippen LogP contribution >= 0.6 is 11.8 Å². The fourth-order valence-electron chi connectivity index (χ4n) is 1.02. The first-order valence-corrected chi connectivity index (χ1v) is 3.71. The van der Waals surface area contributed by atoms with Crippen LogP contribution in [0.5, 0.6) is 0 Å². The smallest absolute Gasteiger partial charge is 0.248 e. The summed E-state index contributed by atoms with van der Waals surface area (Å²) < 4.78 is 3.10. The second-order valence-corrected chi connectivity index (χ2v) is 2.40. The van der Waals surface area contributed by atoms with Crippen molar-refractivity contribution in [2.75, 3.05) is 0 Å². The number of imidazole rings is 1. The third-order valence-corrected chi connectivity index (χ3v) is 1.58. The molecule has 0 fully saturated rings. The number of hydrogen-bond donors (Lipinski definition) is 1. The number of halogens is 1. The van der Waals surface area contributed by atoms with Crippen molar-refractivity contribution in [3.8, 4) is 0 Å². The van der Waals surface area contributed by atoms with E-state index in [9.17, 15) is 0 Å². The average Bonchev–Trinajstić information content (AvgIpc) is 2.47. The van der Waals surface area contributed by atoms with Gasteiger partial charge < -0.3 is 4.98 Å². The third-order valence-electron chi connectivity index (χ3n) is 1.51. The van der Waals surface area contributed by atoms with Crippen LogP contribution in [0, 0.1) is 0 Å². The van der Waals surface area contributed by atoms with Crippen LogP contribution in [-0.2, 0) is 0 Å². The molecular formula is C7H5ClN4. The van der Waals surface area contributed by atoms with Crippen LogP contribution < -0.4 is 0 Å². The van der Waals surface area contributed by atoms with Gasteiger partial charge in [-0.3, -0.25) is 0 Å². The summed E-state index contributed by atoms with van der Waals surface area (Å²) in [5, 5.41) is 3.57. The van der Waals surface area contributed by atoms with E-state index in [2.05, 4.69) is 19.7 Å². The van der Waals surface area contributed by atoms with Crippen molar-refractivity contribution in [1.29, 1.82) is 0 Å². The van der Waals surface area contributed by atoms with Gasteiger partial charge in [-0.25, -0.2) is 4.98 Å². The summed E-state index contributed by atoms with van der Waals surface area (Å²) in [6.07, 6.45) is 0. The van der Waals surface area contributed by atoms with Gasteiger partial charge in [-0.2, -0.15) is 0 Å². The number of fused-ring (bicyclic) bond motifs is 1. The highest BCUT2D eigenvalue weighted by Gasteiger charge is 1.98. The molecule has 1 aromatic heterocycles. The second kappa shape index (κ2) is 2.91. The first kappa shape index (κ1) is 7.24. The SMILES string of the molecule is Cl/N=N\c1nc2ccccc2[nH]1. The lowest BCUT2D eigenvalue weighted by molar-refractivity contribution is 1.18. The highest BCUT2D eigenvalue weighted by atomic mass is 35.5. The van der Waals surface area contributed by atoms with E-state index in [4.69, 9.17) is 11.8 Å².